The van der Waals surface area contributed by atoms with E-state index in [1.807, 2.05) is 48.5 Å². The smallest absolute Gasteiger partial charge is 0.412 e. The van der Waals surface area contributed by atoms with Gasteiger partial charge in [-0.2, -0.15) is 0 Å². The van der Waals surface area contributed by atoms with Crippen LogP contribution in [0.1, 0.15) is 48.5 Å². The van der Waals surface area contributed by atoms with Crippen LogP contribution in [0.2, 0.25) is 0 Å². The number of ether oxygens (including phenoxy) is 2. The topological polar surface area (TPSA) is 95.5 Å². The predicted octanol–water partition coefficient (Wildman–Crippen LogP) is 1.39. The first-order valence-corrected chi connectivity index (χ1v) is 9.71. The molecule has 0 aromatic rings. The van der Waals surface area contributed by atoms with Crippen LogP contribution in [-0.2, 0) is 14.3 Å². The molecule has 0 spiro atoms. The Balaban J connectivity index is 2.90. The molecule has 1 aliphatic rings. The van der Waals surface area contributed by atoms with Gasteiger partial charge in [0, 0.05) is 27.2 Å². The maximum atomic E-state index is 12.8. The van der Waals surface area contributed by atoms with E-state index >= 15 is 0 Å². The third-order valence-electron chi connectivity index (χ3n) is 4.21. The van der Waals surface area contributed by atoms with Gasteiger partial charge < -0.3 is 25.0 Å². The van der Waals surface area contributed by atoms with Crippen LogP contribution in [0.4, 0.5) is 4.79 Å². The number of rotatable bonds is 5. The number of carbonyl (C=O) groups is 2. The van der Waals surface area contributed by atoms with Crippen molar-refractivity contribution >= 4 is 18.0 Å². The Morgan fingerprint density at radius 2 is 1.86 bits per heavy atom. The van der Waals surface area contributed by atoms with Crippen molar-refractivity contribution in [2.24, 2.45) is 4.99 Å². The number of guanidine groups is 1. The van der Waals surface area contributed by atoms with Gasteiger partial charge in [-0.05, 0) is 48.5 Å². The van der Waals surface area contributed by atoms with Crippen LogP contribution in [0, 0.1) is 0 Å². The number of carbonyl (C=O) groups excluding carboxylic acids is 2. The van der Waals surface area contributed by atoms with Crippen molar-refractivity contribution in [1.29, 1.82) is 0 Å². The molecule has 1 saturated heterocycles. The van der Waals surface area contributed by atoms with Gasteiger partial charge in [0.25, 0.3) is 0 Å². The molecule has 2 unspecified atom stereocenters. The van der Waals surface area contributed by atoms with Gasteiger partial charge in [-0.15, -0.1) is 0 Å². The van der Waals surface area contributed by atoms with E-state index in [-0.39, 0.29) is 24.6 Å². The number of hydrogen-bond donors (Lipinski definition) is 2. The molecule has 2 atom stereocenters. The minimum atomic E-state index is -0.787. The molecule has 0 aliphatic carbocycles. The third-order valence-corrected chi connectivity index (χ3v) is 4.21. The number of aliphatic imine (C=N–C) groups is 1. The van der Waals surface area contributed by atoms with Crippen molar-refractivity contribution < 1.29 is 19.1 Å². The summed E-state index contributed by atoms with van der Waals surface area (Å²) in [6.07, 6.45) is -0.611. The highest BCUT2D eigenvalue weighted by Gasteiger charge is 2.49. The summed E-state index contributed by atoms with van der Waals surface area (Å²) in [5.41, 5.74) is -1.38. The fourth-order valence-electron chi connectivity index (χ4n) is 2.95. The Kier molecular flexibility index (Phi) is 8.10. The monoisotopic (exact) mass is 399 g/mol. The van der Waals surface area contributed by atoms with Crippen molar-refractivity contribution in [3.63, 3.8) is 0 Å². The van der Waals surface area contributed by atoms with E-state index in [4.69, 9.17) is 9.47 Å². The van der Waals surface area contributed by atoms with Crippen LogP contribution in [0.3, 0.4) is 0 Å². The summed E-state index contributed by atoms with van der Waals surface area (Å²) in [6, 6.07) is -0.252. The molecular formula is C19H37N5O4. The van der Waals surface area contributed by atoms with Crippen LogP contribution >= 0.6 is 0 Å². The molecule has 28 heavy (non-hydrogen) atoms. The standard InChI is InChI=1S/C19H37N5O4/c1-10-20-16(22-12-15(25)23(8)9)21-11-14-13(2)27-19(6,7)24(14)17(26)28-18(3,4)5/h13-14H,10-12H2,1-9H3,(H2,20,21,22). The number of likely N-dealkylation sites (N-methyl/N-ethyl adjacent to an activating group) is 1. The SMILES string of the molecule is CCNC(=NCC(=O)N(C)C)NCC1C(C)OC(C)(C)N1C(=O)OC(C)(C)C. The van der Waals surface area contributed by atoms with Crippen LogP contribution in [-0.4, -0.2) is 85.0 Å². The van der Waals surface area contributed by atoms with Gasteiger partial charge in [0.15, 0.2) is 5.96 Å². The molecule has 0 saturated carbocycles. The Bertz CT molecular complexity index is 583. The lowest BCUT2D eigenvalue weighted by Gasteiger charge is -2.35. The van der Waals surface area contributed by atoms with Crippen molar-refractivity contribution in [3.05, 3.63) is 0 Å². The molecule has 1 rings (SSSR count). The van der Waals surface area contributed by atoms with Crippen LogP contribution < -0.4 is 10.6 Å². The highest BCUT2D eigenvalue weighted by molar-refractivity contribution is 5.84. The molecule has 2 amide bonds. The summed E-state index contributed by atoms with van der Waals surface area (Å²) in [5.74, 6) is 0.421. The van der Waals surface area contributed by atoms with Crippen molar-refractivity contribution in [2.75, 3.05) is 33.7 Å². The molecule has 0 radical (unpaired) electrons. The second-order valence-electron chi connectivity index (χ2n) is 8.55. The number of amides is 2. The molecular weight excluding hydrogens is 362 g/mol. The van der Waals surface area contributed by atoms with E-state index in [2.05, 4.69) is 15.6 Å². The minimum absolute atomic E-state index is 0.0420. The Hall–Kier alpha value is -2.03. The quantitative estimate of drug-likeness (QED) is 0.536. The molecule has 0 aromatic carbocycles. The second-order valence-corrected chi connectivity index (χ2v) is 8.55. The molecule has 162 valence electrons. The lowest BCUT2D eigenvalue weighted by molar-refractivity contribution is -0.127. The number of hydrogen-bond acceptors (Lipinski definition) is 5. The largest absolute Gasteiger partial charge is 0.444 e. The summed E-state index contributed by atoms with van der Waals surface area (Å²) in [4.78, 5) is 32.0. The summed E-state index contributed by atoms with van der Waals surface area (Å²) < 4.78 is 11.6. The minimum Gasteiger partial charge on any atom is -0.444 e. The Labute approximate surface area is 168 Å². The van der Waals surface area contributed by atoms with Gasteiger partial charge in [0.05, 0.1) is 12.1 Å². The van der Waals surface area contributed by atoms with Gasteiger partial charge >= 0.3 is 6.09 Å². The van der Waals surface area contributed by atoms with Gasteiger partial charge in [-0.3, -0.25) is 9.69 Å². The number of nitrogens with zero attached hydrogens (tertiary/aromatic N) is 3. The zero-order valence-corrected chi connectivity index (χ0v) is 18.8. The molecule has 0 aromatic heterocycles. The summed E-state index contributed by atoms with van der Waals surface area (Å²) in [7, 11) is 3.38. The van der Waals surface area contributed by atoms with E-state index in [1.165, 1.54) is 4.90 Å². The van der Waals surface area contributed by atoms with E-state index in [1.54, 1.807) is 19.0 Å². The van der Waals surface area contributed by atoms with Crippen LogP contribution in [0.25, 0.3) is 0 Å². The van der Waals surface area contributed by atoms with E-state index in [9.17, 15) is 9.59 Å². The summed E-state index contributed by atoms with van der Waals surface area (Å²) in [5, 5.41) is 6.32. The van der Waals surface area contributed by atoms with Crippen LogP contribution in [0.5, 0.6) is 0 Å². The average Bonchev–Trinajstić information content (AvgIpc) is 2.76. The van der Waals surface area contributed by atoms with Gasteiger partial charge in [-0.1, -0.05) is 0 Å². The maximum absolute atomic E-state index is 12.8. The highest BCUT2D eigenvalue weighted by atomic mass is 16.6. The van der Waals surface area contributed by atoms with Crippen LogP contribution in [0.15, 0.2) is 4.99 Å². The molecule has 1 fully saturated rings. The van der Waals surface area contributed by atoms with Gasteiger partial charge in [0.1, 0.15) is 17.9 Å². The van der Waals surface area contributed by atoms with Crippen molar-refractivity contribution in [2.45, 2.75) is 71.9 Å². The molecule has 9 heteroatoms. The highest BCUT2D eigenvalue weighted by Crippen LogP contribution is 2.33. The van der Waals surface area contributed by atoms with Crippen molar-refractivity contribution in [3.8, 4) is 0 Å². The first-order chi connectivity index (χ1) is 12.8. The summed E-state index contributed by atoms with van der Waals surface area (Å²) in [6.45, 7) is 14.2. The van der Waals surface area contributed by atoms with E-state index < -0.39 is 17.4 Å². The lowest BCUT2D eigenvalue weighted by Crippen LogP contribution is -2.54. The molecule has 9 nitrogen and oxygen atoms in total. The lowest BCUT2D eigenvalue weighted by atomic mass is 10.1. The number of nitrogens with one attached hydrogen (secondary N) is 2. The third kappa shape index (κ3) is 6.85. The van der Waals surface area contributed by atoms with E-state index in [0.717, 1.165) is 0 Å². The fourth-order valence-corrected chi connectivity index (χ4v) is 2.95. The van der Waals surface area contributed by atoms with Crippen molar-refractivity contribution in [1.82, 2.24) is 20.4 Å². The molecule has 0 bridgehead atoms. The maximum Gasteiger partial charge on any atom is 0.412 e. The average molecular weight is 400 g/mol. The molecule has 1 heterocycles. The second kappa shape index (κ2) is 9.45. The Morgan fingerprint density at radius 1 is 1.25 bits per heavy atom. The van der Waals surface area contributed by atoms with Gasteiger partial charge in [-0.25, -0.2) is 9.79 Å². The predicted molar refractivity (Wildman–Crippen MR) is 109 cm³/mol. The first-order valence-electron chi connectivity index (χ1n) is 9.71. The Morgan fingerprint density at radius 3 is 2.36 bits per heavy atom. The first kappa shape index (κ1) is 24.0. The zero-order valence-electron chi connectivity index (χ0n) is 18.8. The molecule has 1 aliphatic heterocycles. The van der Waals surface area contributed by atoms with E-state index in [0.29, 0.717) is 19.0 Å². The van der Waals surface area contributed by atoms with Gasteiger partial charge in [0.2, 0.25) is 5.91 Å². The fraction of sp³-hybridized carbons (Fsp3) is 0.842. The normalized spacial score (nSPS) is 22.0. The zero-order chi connectivity index (χ0) is 21.7. The molecule has 2 N–H and O–H groups in total. The summed E-state index contributed by atoms with van der Waals surface area (Å²) >= 11 is 0.